The lowest BCUT2D eigenvalue weighted by Gasteiger charge is -2.37. The van der Waals surface area contributed by atoms with Crippen LogP contribution in [-0.4, -0.2) is 50.7 Å². The molecule has 0 radical (unpaired) electrons. The second-order valence-corrected chi connectivity index (χ2v) is 7.88. The first-order valence-corrected chi connectivity index (χ1v) is 9.52. The van der Waals surface area contributed by atoms with Gasteiger partial charge in [0.15, 0.2) is 17.0 Å². The molecule has 26 heavy (non-hydrogen) atoms. The third-order valence-corrected chi connectivity index (χ3v) is 5.77. The van der Waals surface area contributed by atoms with E-state index >= 15 is 4.39 Å². The molecular formula is C18H23FN6O. The Morgan fingerprint density at radius 3 is 2.65 bits per heavy atom. The SMILES string of the molecule is O=C(NCC1(F)CCN(c2ncnc3c2ncn3C2CC2)CC1)C1CC1. The van der Waals surface area contributed by atoms with Crippen molar-refractivity contribution in [3.63, 3.8) is 0 Å². The molecule has 2 aromatic heterocycles. The van der Waals surface area contributed by atoms with Gasteiger partial charge in [0, 0.05) is 37.9 Å². The number of hydrogen-bond acceptors (Lipinski definition) is 5. The largest absolute Gasteiger partial charge is 0.354 e. The summed E-state index contributed by atoms with van der Waals surface area (Å²) in [5, 5.41) is 2.79. The molecular weight excluding hydrogens is 335 g/mol. The minimum Gasteiger partial charge on any atom is -0.354 e. The number of rotatable bonds is 5. The van der Waals surface area contributed by atoms with Crippen molar-refractivity contribution >= 4 is 22.9 Å². The number of nitrogens with one attached hydrogen (secondary N) is 1. The first-order valence-electron chi connectivity index (χ1n) is 9.52. The van der Waals surface area contributed by atoms with E-state index in [0.717, 1.165) is 29.8 Å². The Balaban J connectivity index is 1.27. The van der Waals surface area contributed by atoms with Crippen LogP contribution < -0.4 is 10.2 Å². The molecule has 7 nitrogen and oxygen atoms in total. The number of carbonyl (C=O) groups excluding carboxylic acids is 1. The molecule has 1 N–H and O–H groups in total. The highest BCUT2D eigenvalue weighted by atomic mass is 19.1. The Kier molecular flexibility index (Phi) is 3.62. The number of halogens is 1. The zero-order valence-corrected chi connectivity index (χ0v) is 14.7. The van der Waals surface area contributed by atoms with Gasteiger partial charge in [0.25, 0.3) is 0 Å². The summed E-state index contributed by atoms with van der Waals surface area (Å²) in [5.41, 5.74) is 0.333. The van der Waals surface area contributed by atoms with E-state index in [0.29, 0.717) is 32.0 Å². The van der Waals surface area contributed by atoms with Gasteiger partial charge in [-0.15, -0.1) is 0 Å². The molecule has 5 rings (SSSR count). The van der Waals surface area contributed by atoms with Crippen LogP contribution >= 0.6 is 0 Å². The lowest BCUT2D eigenvalue weighted by atomic mass is 9.93. The third-order valence-electron chi connectivity index (χ3n) is 5.77. The third kappa shape index (κ3) is 2.91. The molecule has 0 aromatic carbocycles. The Labute approximate surface area is 151 Å². The monoisotopic (exact) mass is 358 g/mol. The molecule has 8 heteroatoms. The van der Waals surface area contributed by atoms with Crippen LogP contribution in [-0.2, 0) is 4.79 Å². The fraction of sp³-hybridized carbons (Fsp3) is 0.667. The second kappa shape index (κ2) is 5.89. The lowest BCUT2D eigenvalue weighted by Crippen LogP contribution is -2.48. The molecule has 0 bridgehead atoms. The van der Waals surface area contributed by atoms with E-state index in [2.05, 4.69) is 29.7 Å². The number of amides is 1. The molecule has 3 heterocycles. The number of nitrogens with zero attached hydrogens (tertiary/aromatic N) is 5. The van der Waals surface area contributed by atoms with E-state index < -0.39 is 5.67 Å². The van der Waals surface area contributed by atoms with E-state index in [4.69, 9.17) is 0 Å². The van der Waals surface area contributed by atoms with Crippen LogP contribution in [0.3, 0.4) is 0 Å². The van der Waals surface area contributed by atoms with Gasteiger partial charge in [-0.1, -0.05) is 0 Å². The van der Waals surface area contributed by atoms with Crippen molar-refractivity contribution in [3.05, 3.63) is 12.7 Å². The first-order chi connectivity index (χ1) is 12.6. The number of carbonyl (C=O) groups is 1. The zero-order chi connectivity index (χ0) is 17.7. The summed E-state index contributed by atoms with van der Waals surface area (Å²) >= 11 is 0. The minimum atomic E-state index is -1.33. The van der Waals surface area contributed by atoms with Crippen molar-refractivity contribution in [2.45, 2.75) is 50.2 Å². The van der Waals surface area contributed by atoms with Crippen LogP contribution in [0.2, 0.25) is 0 Å². The van der Waals surface area contributed by atoms with E-state index in [-0.39, 0.29) is 18.4 Å². The number of hydrogen-bond donors (Lipinski definition) is 1. The van der Waals surface area contributed by atoms with Gasteiger partial charge < -0.3 is 14.8 Å². The maximum absolute atomic E-state index is 15.0. The molecule has 0 unspecified atom stereocenters. The van der Waals surface area contributed by atoms with Crippen molar-refractivity contribution in [2.75, 3.05) is 24.5 Å². The van der Waals surface area contributed by atoms with Gasteiger partial charge in [0.05, 0.1) is 12.9 Å². The summed E-state index contributed by atoms with van der Waals surface area (Å²) in [6.07, 6.45) is 8.41. The van der Waals surface area contributed by atoms with Crippen molar-refractivity contribution in [1.29, 1.82) is 0 Å². The average molecular weight is 358 g/mol. The second-order valence-electron chi connectivity index (χ2n) is 7.88. The van der Waals surface area contributed by atoms with Crippen LogP contribution in [0.1, 0.15) is 44.6 Å². The van der Waals surface area contributed by atoms with E-state index in [1.54, 1.807) is 6.33 Å². The molecule has 1 saturated heterocycles. The molecule has 138 valence electrons. The zero-order valence-electron chi connectivity index (χ0n) is 14.7. The Hall–Kier alpha value is -2.25. The Morgan fingerprint density at radius 2 is 1.96 bits per heavy atom. The maximum atomic E-state index is 15.0. The number of aromatic nitrogens is 4. The summed E-state index contributed by atoms with van der Waals surface area (Å²) in [6, 6.07) is 0.512. The molecule has 0 atom stereocenters. The van der Waals surface area contributed by atoms with Gasteiger partial charge in [0.2, 0.25) is 5.91 Å². The fourth-order valence-electron chi connectivity index (χ4n) is 3.72. The highest BCUT2D eigenvalue weighted by Crippen LogP contribution is 2.38. The molecule has 2 saturated carbocycles. The molecule has 3 aliphatic rings. The van der Waals surface area contributed by atoms with Crippen LogP contribution in [0, 0.1) is 5.92 Å². The summed E-state index contributed by atoms with van der Waals surface area (Å²) in [6.45, 7) is 1.25. The van der Waals surface area contributed by atoms with Gasteiger partial charge in [-0.25, -0.2) is 19.3 Å². The molecule has 0 spiro atoms. The topological polar surface area (TPSA) is 75.9 Å². The van der Waals surface area contributed by atoms with E-state index in [1.165, 1.54) is 12.8 Å². The Bertz CT molecular complexity index is 835. The summed E-state index contributed by atoms with van der Waals surface area (Å²) in [7, 11) is 0. The average Bonchev–Trinajstić information content (AvgIpc) is 3.58. The number of imidazole rings is 1. The van der Waals surface area contributed by atoms with E-state index in [1.807, 2.05) is 6.33 Å². The normalized spacial score (nSPS) is 22.6. The van der Waals surface area contributed by atoms with Crippen LogP contribution in [0.15, 0.2) is 12.7 Å². The van der Waals surface area contributed by atoms with Gasteiger partial charge >= 0.3 is 0 Å². The molecule has 2 aromatic rings. The smallest absolute Gasteiger partial charge is 0.223 e. The highest BCUT2D eigenvalue weighted by molar-refractivity contribution is 5.83. The van der Waals surface area contributed by atoms with Crippen molar-refractivity contribution in [3.8, 4) is 0 Å². The van der Waals surface area contributed by atoms with Crippen LogP contribution in [0.4, 0.5) is 10.2 Å². The number of alkyl halides is 1. The summed E-state index contributed by atoms with van der Waals surface area (Å²) < 4.78 is 17.2. The van der Waals surface area contributed by atoms with Gasteiger partial charge in [0.1, 0.15) is 12.0 Å². The predicted octanol–water partition coefficient (Wildman–Crippen LogP) is 2.00. The van der Waals surface area contributed by atoms with Gasteiger partial charge in [-0.2, -0.15) is 0 Å². The van der Waals surface area contributed by atoms with Crippen molar-refractivity contribution < 1.29 is 9.18 Å². The molecule has 3 fully saturated rings. The standard InChI is InChI=1S/C18H23FN6O/c19-18(9-20-17(26)12-1-2-12)5-7-24(8-6-18)15-14-16(22-10-21-15)25(11-23-14)13-3-4-13/h10-13H,1-9H2,(H,20,26). The van der Waals surface area contributed by atoms with Gasteiger partial charge in [-0.3, -0.25) is 4.79 Å². The van der Waals surface area contributed by atoms with Crippen molar-refractivity contribution in [2.24, 2.45) is 5.92 Å². The minimum absolute atomic E-state index is 0.00702. The molecule has 1 amide bonds. The summed E-state index contributed by atoms with van der Waals surface area (Å²) in [5.74, 6) is 0.917. The Morgan fingerprint density at radius 1 is 1.19 bits per heavy atom. The van der Waals surface area contributed by atoms with Crippen molar-refractivity contribution in [1.82, 2.24) is 24.8 Å². The van der Waals surface area contributed by atoms with E-state index in [9.17, 15) is 4.79 Å². The highest BCUT2D eigenvalue weighted by Gasteiger charge is 2.38. The quantitative estimate of drug-likeness (QED) is 0.885. The van der Waals surface area contributed by atoms with Crippen LogP contribution in [0.5, 0.6) is 0 Å². The molecule has 2 aliphatic carbocycles. The first kappa shape index (κ1) is 16.0. The molecule has 1 aliphatic heterocycles. The lowest BCUT2D eigenvalue weighted by molar-refractivity contribution is -0.123. The number of fused-ring (bicyclic) bond motifs is 1. The van der Waals surface area contributed by atoms with Gasteiger partial charge in [-0.05, 0) is 25.7 Å². The predicted molar refractivity (Wildman–Crippen MR) is 94.6 cm³/mol. The maximum Gasteiger partial charge on any atom is 0.223 e. The van der Waals surface area contributed by atoms with Crippen LogP contribution in [0.25, 0.3) is 11.2 Å². The fourth-order valence-corrected chi connectivity index (χ4v) is 3.72. The summed E-state index contributed by atoms with van der Waals surface area (Å²) in [4.78, 5) is 27.2. The number of piperidine rings is 1. The number of anilines is 1.